The molecule has 88 valence electrons. The van der Waals surface area contributed by atoms with Crippen LogP contribution >= 0.6 is 11.8 Å². The third-order valence-corrected chi connectivity index (χ3v) is 3.53. The van der Waals surface area contributed by atoms with E-state index in [0.29, 0.717) is 18.3 Å². The fraction of sp³-hybridized carbons (Fsp3) is 0.700. The highest BCUT2D eigenvalue weighted by molar-refractivity contribution is 7.99. The third-order valence-electron chi connectivity index (χ3n) is 2.48. The third kappa shape index (κ3) is 2.55. The molecule has 0 unspecified atom stereocenters. The van der Waals surface area contributed by atoms with Gasteiger partial charge in [0.1, 0.15) is 0 Å². The van der Waals surface area contributed by atoms with E-state index in [-0.39, 0.29) is 5.89 Å². The second-order valence-corrected chi connectivity index (χ2v) is 4.79. The first-order valence-corrected chi connectivity index (χ1v) is 6.55. The zero-order chi connectivity index (χ0) is 11.4. The van der Waals surface area contributed by atoms with Crippen LogP contribution in [0.5, 0.6) is 0 Å². The van der Waals surface area contributed by atoms with Crippen molar-refractivity contribution < 1.29 is 14.1 Å². The summed E-state index contributed by atoms with van der Waals surface area (Å²) in [6.07, 6.45) is 2.10. The predicted molar refractivity (Wildman–Crippen MR) is 59.6 cm³/mol. The summed E-state index contributed by atoms with van der Waals surface area (Å²) in [7, 11) is 0. The monoisotopic (exact) mass is 242 g/mol. The minimum atomic E-state index is -0.536. The van der Waals surface area contributed by atoms with Crippen molar-refractivity contribution >= 4 is 17.7 Å². The molecule has 0 amide bonds. The largest absolute Gasteiger partial charge is 0.459 e. The van der Waals surface area contributed by atoms with Gasteiger partial charge in [0.05, 0.1) is 6.61 Å². The normalized spacial score (nSPS) is 17.3. The van der Waals surface area contributed by atoms with E-state index >= 15 is 0 Å². The lowest BCUT2D eigenvalue weighted by molar-refractivity contribution is 0.0470. The number of ether oxygens (including phenoxy) is 1. The molecule has 1 aromatic rings. The Balaban J connectivity index is 2.03. The molecular weight excluding hydrogens is 228 g/mol. The maximum atomic E-state index is 11.3. The van der Waals surface area contributed by atoms with E-state index in [0.717, 1.165) is 24.3 Å². The molecule has 5 nitrogen and oxygen atoms in total. The minimum absolute atomic E-state index is 0.0323. The summed E-state index contributed by atoms with van der Waals surface area (Å²) < 4.78 is 9.68. The predicted octanol–water partition coefficient (Wildman–Crippen LogP) is 1.86. The molecule has 0 atom stereocenters. The van der Waals surface area contributed by atoms with E-state index in [4.69, 9.17) is 9.26 Å². The zero-order valence-electron chi connectivity index (χ0n) is 9.14. The summed E-state index contributed by atoms with van der Waals surface area (Å²) in [4.78, 5) is 15.4. The number of thioether (sulfide) groups is 1. The zero-order valence-corrected chi connectivity index (χ0v) is 9.96. The van der Waals surface area contributed by atoms with E-state index in [1.165, 1.54) is 0 Å². The van der Waals surface area contributed by atoms with Crippen LogP contribution in [0.25, 0.3) is 0 Å². The molecular formula is C10H14N2O3S. The van der Waals surface area contributed by atoms with Crippen LogP contribution in [0.1, 0.15) is 42.2 Å². The van der Waals surface area contributed by atoms with Crippen LogP contribution in [0.15, 0.2) is 4.52 Å². The van der Waals surface area contributed by atoms with Crippen molar-refractivity contribution in [1.82, 2.24) is 10.1 Å². The first-order chi connectivity index (χ1) is 7.81. The van der Waals surface area contributed by atoms with E-state index in [1.54, 1.807) is 6.92 Å². The number of esters is 1. The Morgan fingerprint density at radius 2 is 2.31 bits per heavy atom. The van der Waals surface area contributed by atoms with Gasteiger partial charge in [-0.2, -0.15) is 16.7 Å². The molecule has 1 aromatic heterocycles. The van der Waals surface area contributed by atoms with E-state index in [1.807, 2.05) is 11.8 Å². The summed E-state index contributed by atoms with van der Waals surface area (Å²) in [6.45, 7) is 2.06. The first-order valence-electron chi connectivity index (χ1n) is 5.39. The lowest BCUT2D eigenvalue weighted by Gasteiger charge is -2.17. The Kier molecular flexibility index (Phi) is 3.82. The number of nitrogens with zero attached hydrogens (tertiary/aromatic N) is 2. The smallest absolute Gasteiger partial charge is 0.397 e. The summed E-state index contributed by atoms with van der Waals surface area (Å²) in [5.74, 6) is 2.64. The molecule has 0 aliphatic carbocycles. The van der Waals surface area contributed by atoms with Gasteiger partial charge in [0, 0.05) is 5.92 Å². The van der Waals surface area contributed by atoms with Crippen molar-refractivity contribution in [2.24, 2.45) is 0 Å². The van der Waals surface area contributed by atoms with Crippen molar-refractivity contribution in [1.29, 1.82) is 0 Å². The fourth-order valence-corrected chi connectivity index (χ4v) is 2.74. The molecule has 2 heterocycles. The first kappa shape index (κ1) is 11.4. The summed E-state index contributed by atoms with van der Waals surface area (Å²) >= 11 is 1.94. The van der Waals surface area contributed by atoms with Crippen LogP contribution in [-0.2, 0) is 4.74 Å². The minimum Gasteiger partial charge on any atom is -0.459 e. The Bertz CT molecular complexity index is 361. The average Bonchev–Trinajstić information content (AvgIpc) is 2.80. The summed E-state index contributed by atoms with van der Waals surface area (Å²) in [5, 5.41) is 3.85. The van der Waals surface area contributed by atoms with Crippen LogP contribution in [-0.4, -0.2) is 34.2 Å². The lowest BCUT2D eigenvalue weighted by atomic mass is 10.0. The van der Waals surface area contributed by atoms with Crippen molar-refractivity contribution in [3.63, 3.8) is 0 Å². The Labute approximate surface area is 97.9 Å². The van der Waals surface area contributed by atoms with Gasteiger partial charge in [0.15, 0.2) is 5.82 Å². The van der Waals surface area contributed by atoms with E-state index in [2.05, 4.69) is 10.1 Å². The van der Waals surface area contributed by atoms with Crippen molar-refractivity contribution in [3.8, 4) is 0 Å². The molecule has 0 spiro atoms. The topological polar surface area (TPSA) is 65.2 Å². The number of rotatable bonds is 3. The number of carbonyl (C=O) groups is 1. The summed E-state index contributed by atoms with van der Waals surface area (Å²) in [6, 6.07) is 0. The Hall–Kier alpha value is -1.04. The number of hydrogen-bond donors (Lipinski definition) is 0. The lowest BCUT2D eigenvalue weighted by Crippen LogP contribution is -2.10. The maximum absolute atomic E-state index is 11.3. The molecule has 0 bridgehead atoms. The molecule has 2 rings (SSSR count). The van der Waals surface area contributed by atoms with Crippen molar-refractivity contribution in [2.75, 3.05) is 18.1 Å². The van der Waals surface area contributed by atoms with Crippen LogP contribution < -0.4 is 0 Å². The Morgan fingerprint density at radius 1 is 1.56 bits per heavy atom. The number of hydrogen-bond acceptors (Lipinski definition) is 6. The van der Waals surface area contributed by atoms with Gasteiger partial charge < -0.3 is 9.26 Å². The fourth-order valence-electron chi connectivity index (χ4n) is 1.63. The molecule has 6 heteroatoms. The van der Waals surface area contributed by atoms with Crippen LogP contribution in [0.3, 0.4) is 0 Å². The van der Waals surface area contributed by atoms with E-state index in [9.17, 15) is 4.79 Å². The standard InChI is InChI=1S/C10H14N2O3S/c1-2-14-10(13)9-11-8(12-15-9)7-3-5-16-6-4-7/h7H,2-6H2,1H3. The molecule has 0 N–H and O–H groups in total. The molecule has 0 aromatic carbocycles. The molecule has 1 aliphatic heterocycles. The van der Waals surface area contributed by atoms with E-state index < -0.39 is 5.97 Å². The molecule has 1 saturated heterocycles. The Morgan fingerprint density at radius 3 is 3.00 bits per heavy atom. The van der Waals surface area contributed by atoms with Crippen LogP contribution in [0.4, 0.5) is 0 Å². The highest BCUT2D eigenvalue weighted by Gasteiger charge is 2.23. The number of carbonyl (C=O) groups excluding carboxylic acids is 1. The highest BCUT2D eigenvalue weighted by Crippen LogP contribution is 2.29. The van der Waals surface area contributed by atoms with Crippen molar-refractivity contribution in [2.45, 2.75) is 25.7 Å². The van der Waals surface area contributed by atoms with Crippen LogP contribution in [0, 0.1) is 0 Å². The average molecular weight is 242 g/mol. The van der Waals surface area contributed by atoms with Gasteiger partial charge in [0.2, 0.25) is 0 Å². The summed E-state index contributed by atoms with van der Waals surface area (Å²) in [5.41, 5.74) is 0. The molecule has 16 heavy (non-hydrogen) atoms. The van der Waals surface area contributed by atoms with Gasteiger partial charge in [-0.3, -0.25) is 0 Å². The molecule has 1 fully saturated rings. The van der Waals surface area contributed by atoms with Gasteiger partial charge in [-0.05, 0) is 31.3 Å². The van der Waals surface area contributed by atoms with Crippen molar-refractivity contribution in [3.05, 3.63) is 11.7 Å². The van der Waals surface area contributed by atoms with Gasteiger partial charge >= 0.3 is 11.9 Å². The number of aromatic nitrogens is 2. The van der Waals surface area contributed by atoms with Gasteiger partial charge in [0.25, 0.3) is 0 Å². The quantitative estimate of drug-likeness (QED) is 0.754. The van der Waals surface area contributed by atoms with Gasteiger partial charge in [-0.25, -0.2) is 4.79 Å². The molecule has 0 radical (unpaired) electrons. The van der Waals surface area contributed by atoms with Crippen LogP contribution in [0.2, 0.25) is 0 Å². The highest BCUT2D eigenvalue weighted by atomic mass is 32.2. The second kappa shape index (κ2) is 5.34. The van der Waals surface area contributed by atoms with Gasteiger partial charge in [-0.1, -0.05) is 5.16 Å². The molecule has 0 saturated carbocycles. The maximum Gasteiger partial charge on any atom is 0.397 e. The molecule has 1 aliphatic rings. The SMILES string of the molecule is CCOC(=O)c1nc(C2CCSCC2)no1. The second-order valence-electron chi connectivity index (χ2n) is 3.56. The van der Waals surface area contributed by atoms with Gasteiger partial charge in [-0.15, -0.1) is 0 Å².